The Morgan fingerprint density at radius 1 is 1.16 bits per heavy atom. The van der Waals surface area contributed by atoms with Gasteiger partial charge in [-0.1, -0.05) is 24.3 Å². The summed E-state index contributed by atoms with van der Waals surface area (Å²) >= 11 is 0. The third-order valence-electron chi connectivity index (χ3n) is 5.09. The molecule has 0 radical (unpaired) electrons. The maximum atomic E-state index is 12.9. The molecule has 1 aliphatic rings. The Kier molecular flexibility index (Phi) is 4.24. The summed E-state index contributed by atoms with van der Waals surface area (Å²) in [5.74, 6) is 1.39. The van der Waals surface area contributed by atoms with Gasteiger partial charge in [0.25, 0.3) is 5.82 Å². The van der Waals surface area contributed by atoms with E-state index in [9.17, 15) is 4.79 Å². The Morgan fingerprint density at radius 2 is 1.92 bits per heavy atom. The van der Waals surface area contributed by atoms with E-state index in [1.807, 2.05) is 49.5 Å². The second-order valence-electron chi connectivity index (χ2n) is 6.76. The number of carbonyl (C=O) groups excluding carboxylic acids is 1. The molecule has 5 heteroatoms. The highest BCUT2D eigenvalue weighted by Gasteiger charge is 2.28. The number of piperazine rings is 1. The fourth-order valence-corrected chi connectivity index (χ4v) is 3.77. The minimum absolute atomic E-state index is 0.240. The summed E-state index contributed by atoms with van der Waals surface area (Å²) in [6, 6.07) is 14.2. The normalized spacial score (nSPS) is 15.6. The molecule has 0 amide bonds. The van der Waals surface area contributed by atoms with Gasteiger partial charge in [-0.25, -0.2) is 4.98 Å². The predicted molar refractivity (Wildman–Crippen MR) is 98.1 cm³/mol. The Morgan fingerprint density at radius 3 is 2.68 bits per heavy atom. The minimum Gasteiger partial charge on any atom is -0.358 e. The number of para-hydroxylation sites is 1. The molecule has 0 bridgehead atoms. The van der Waals surface area contributed by atoms with Crippen LogP contribution in [0, 0.1) is 6.92 Å². The molecule has 4 rings (SSSR count). The zero-order valence-corrected chi connectivity index (χ0v) is 14.5. The van der Waals surface area contributed by atoms with Crippen LogP contribution in [0.15, 0.2) is 48.7 Å². The molecule has 0 aliphatic carbocycles. The van der Waals surface area contributed by atoms with Gasteiger partial charge in [0.1, 0.15) is 32.7 Å². The third-order valence-corrected chi connectivity index (χ3v) is 5.09. The van der Waals surface area contributed by atoms with Gasteiger partial charge in [-0.2, -0.15) is 0 Å². The number of H-pyrrole nitrogens is 2. The summed E-state index contributed by atoms with van der Waals surface area (Å²) in [4.78, 5) is 23.2. The lowest BCUT2D eigenvalue weighted by molar-refractivity contribution is -0.892. The van der Waals surface area contributed by atoms with Crippen LogP contribution >= 0.6 is 0 Å². The molecule has 1 fully saturated rings. The molecule has 0 saturated carbocycles. The maximum Gasteiger partial charge on any atom is 0.274 e. The van der Waals surface area contributed by atoms with Crippen molar-refractivity contribution in [1.29, 1.82) is 0 Å². The molecule has 1 aromatic carbocycles. The van der Waals surface area contributed by atoms with Crippen molar-refractivity contribution in [3.63, 3.8) is 0 Å². The van der Waals surface area contributed by atoms with Crippen LogP contribution in [0.2, 0.25) is 0 Å². The number of nitrogens with zero attached hydrogens (tertiary/aromatic N) is 1. The van der Waals surface area contributed by atoms with Crippen molar-refractivity contribution in [3.8, 4) is 0 Å². The van der Waals surface area contributed by atoms with E-state index < -0.39 is 0 Å². The number of pyridine rings is 1. The molecular weight excluding hydrogens is 312 g/mol. The number of nitrogens with one attached hydrogen (secondary N) is 3. The molecular formula is C20H24N4O+2. The van der Waals surface area contributed by atoms with Crippen molar-refractivity contribution in [3.05, 3.63) is 59.9 Å². The smallest absolute Gasteiger partial charge is 0.274 e. The summed E-state index contributed by atoms with van der Waals surface area (Å²) in [7, 11) is 0. The first-order valence-electron chi connectivity index (χ1n) is 8.88. The van der Waals surface area contributed by atoms with Crippen LogP contribution in [-0.4, -0.2) is 43.5 Å². The highest BCUT2D eigenvalue weighted by atomic mass is 16.1. The number of hydrogen-bond acceptors (Lipinski definition) is 2. The molecule has 5 nitrogen and oxygen atoms in total. The number of anilines is 1. The number of ketones is 1. The van der Waals surface area contributed by atoms with Crippen LogP contribution in [0.4, 0.5) is 5.82 Å². The van der Waals surface area contributed by atoms with Gasteiger partial charge in [0.15, 0.2) is 0 Å². The van der Waals surface area contributed by atoms with Crippen LogP contribution in [-0.2, 0) is 0 Å². The molecule has 25 heavy (non-hydrogen) atoms. The van der Waals surface area contributed by atoms with Crippen molar-refractivity contribution < 1.29 is 14.7 Å². The number of quaternary nitrogens is 1. The number of carbonyl (C=O) groups is 1. The maximum absolute atomic E-state index is 12.9. The Bertz CT molecular complexity index is 879. The highest BCUT2D eigenvalue weighted by molar-refractivity contribution is 6.09. The van der Waals surface area contributed by atoms with E-state index >= 15 is 0 Å². The number of aryl methyl sites for hydroxylation is 1. The molecule has 1 aliphatic heterocycles. The summed E-state index contributed by atoms with van der Waals surface area (Å²) < 4.78 is 0. The Hall–Kier alpha value is -2.66. The van der Waals surface area contributed by atoms with Crippen LogP contribution in [0.3, 0.4) is 0 Å². The summed E-state index contributed by atoms with van der Waals surface area (Å²) in [6.45, 7) is 6.46. The molecule has 1 saturated heterocycles. The number of aromatic amines is 2. The fraction of sp³-hybridized carbons (Fsp3) is 0.300. The number of Topliss-reactive ketones (excluding diaryl/α,β-unsaturated/α-hetero) is 1. The standard InChI is InChI=1S/C20H22N4O/c1-15-20(16-6-2-3-7-17(16)22-15)18(25)14-23-10-12-24(13-11-23)19-8-4-5-9-21-19/h2-9,22H,10-14H2,1H3/p+2. The van der Waals surface area contributed by atoms with Crippen LogP contribution in [0.1, 0.15) is 16.1 Å². The lowest BCUT2D eigenvalue weighted by Crippen LogP contribution is -3.15. The monoisotopic (exact) mass is 336 g/mol. The lowest BCUT2D eigenvalue weighted by Gasteiger charge is -2.27. The highest BCUT2D eigenvalue weighted by Crippen LogP contribution is 2.21. The third kappa shape index (κ3) is 3.15. The molecule has 0 spiro atoms. The van der Waals surface area contributed by atoms with E-state index in [0.717, 1.165) is 54.2 Å². The largest absolute Gasteiger partial charge is 0.358 e. The molecule has 3 aromatic rings. The van der Waals surface area contributed by atoms with E-state index in [1.54, 1.807) is 0 Å². The first-order chi connectivity index (χ1) is 12.2. The minimum atomic E-state index is 0.240. The van der Waals surface area contributed by atoms with Crippen LogP contribution in [0.5, 0.6) is 0 Å². The predicted octanol–water partition coefficient (Wildman–Crippen LogP) is 0.878. The second-order valence-corrected chi connectivity index (χ2v) is 6.76. The van der Waals surface area contributed by atoms with Gasteiger partial charge >= 0.3 is 0 Å². The van der Waals surface area contributed by atoms with E-state index in [4.69, 9.17) is 0 Å². The summed E-state index contributed by atoms with van der Waals surface area (Å²) in [6.07, 6.45) is 1.96. The van der Waals surface area contributed by atoms with E-state index in [2.05, 4.69) is 20.9 Å². The Balaban J connectivity index is 1.43. The van der Waals surface area contributed by atoms with Crippen LogP contribution in [0.25, 0.3) is 10.9 Å². The first kappa shape index (κ1) is 15.8. The van der Waals surface area contributed by atoms with Gasteiger partial charge in [0, 0.05) is 22.7 Å². The van der Waals surface area contributed by atoms with E-state index in [0.29, 0.717) is 6.54 Å². The van der Waals surface area contributed by atoms with Crippen molar-refractivity contribution >= 4 is 22.5 Å². The fourth-order valence-electron chi connectivity index (χ4n) is 3.77. The zero-order chi connectivity index (χ0) is 17.2. The van der Waals surface area contributed by atoms with Gasteiger partial charge in [0.05, 0.1) is 11.8 Å². The molecule has 3 heterocycles. The number of rotatable bonds is 4. The average molecular weight is 336 g/mol. The quantitative estimate of drug-likeness (QED) is 0.695. The molecule has 3 N–H and O–H groups in total. The molecule has 0 unspecified atom stereocenters. The molecule has 0 atom stereocenters. The van der Waals surface area contributed by atoms with Crippen LogP contribution < -0.4 is 14.8 Å². The van der Waals surface area contributed by atoms with Crippen molar-refractivity contribution in [1.82, 2.24) is 4.98 Å². The van der Waals surface area contributed by atoms with Crippen molar-refractivity contribution in [2.75, 3.05) is 37.6 Å². The first-order valence-corrected chi connectivity index (χ1v) is 8.88. The van der Waals surface area contributed by atoms with Gasteiger partial charge in [0.2, 0.25) is 5.78 Å². The SMILES string of the molecule is Cc1[nH]c2ccccc2c1C(=O)C[NH+]1CCN(c2cccc[nH+]2)CC1. The van der Waals surface area contributed by atoms with Gasteiger partial charge < -0.3 is 9.88 Å². The average Bonchev–Trinajstić information content (AvgIpc) is 2.99. The number of fused-ring (bicyclic) bond motifs is 1. The zero-order valence-electron chi connectivity index (χ0n) is 14.5. The lowest BCUT2D eigenvalue weighted by atomic mass is 10.1. The molecule has 128 valence electrons. The number of aromatic nitrogens is 2. The number of hydrogen-bond donors (Lipinski definition) is 2. The Labute approximate surface area is 147 Å². The second kappa shape index (κ2) is 6.69. The summed E-state index contributed by atoms with van der Waals surface area (Å²) in [5.41, 5.74) is 2.88. The van der Waals surface area contributed by atoms with Gasteiger partial charge in [-0.05, 0) is 19.1 Å². The van der Waals surface area contributed by atoms with E-state index in [-0.39, 0.29) is 5.78 Å². The van der Waals surface area contributed by atoms with Crippen molar-refractivity contribution in [2.45, 2.75) is 6.92 Å². The van der Waals surface area contributed by atoms with Gasteiger partial charge in [-0.3, -0.25) is 9.69 Å². The van der Waals surface area contributed by atoms with Crippen molar-refractivity contribution in [2.24, 2.45) is 0 Å². The number of benzene rings is 1. The van der Waals surface area contributed by atoms with Gasteiger partial charge in [-0.15, -0.1) is 0 Å². The van der Waals surface area contributed by atoms with E-state index in [1.165, 1.54) is 4.90 Å². The molecule has 2 aromatic heterocycles. The topological polar surface area (TPSA) is 54.7 Å². The summed E-state index contributed by atoms with van der Waals surface area (Å²) in [5, 5.41) is 1.04.